The molecule has 0 bridgehead atoms. The summed E-state index contributed by atoms with van der Waals surface area (Å²) in [4.78, 5) is 26.0. The number of fused-ring (bicyclic) bond motifs is 1. The molecule has 0 unspecified atom stereocenters. The van der Waals surface area contributed by atoms with Gasteiger partial charge in [0.1, 0.15) is 11.6 Å². The van der Waals surface area contributed by atoms with Gasteiger partial charge in [0.05, 0.1) is 23.4 Å². The number of carbonyl (C=O) groups is 1. The van der Waals surface area contributed by atoms with Crippen LogP contribution in [0.25, 0.3) is 21.6 Å². The minimum Gasteiger partial charge on any atom is -0.508 e. The van der Waals surface area contributed by atoms with Gasteiger partial charge in [-0.05, 0) is 18.2 Å². The number of anilines is 1. The first-order valence-electron chi connectivity index (χ1n) is 9.00. The van der Waals surface area contributed by atoms with Crippen LogP contribution in [0.2, 0.25) is 0 Å². The van der Waals surface area contributed by atoms with Gasteiger partial charge in [-0.2, -0.15) is 0 Å². The second kappa shape index (κ2) is 7.70. The van der Waals surface area contributed by atoms with Crippen molar-refractivity contribution in [3.8, 4) is 17.1 Å². The van der Waals surface area contributed by atoms with E-state index in [1.165, 1.54) is 11.3 Å². The van der Waals surface area contributed by atoms with Crippen molar-refractivity contribution < 1.29 is 15.0 Å². The van der Waals surface area contributed by atoms with E-state index in [1.54, 1.807) is 23.1 Å². The number of piperazine rings is 1. The third-order valence-electron chi connectivity index (χ3n) is 4.70. The monoisotopic (exact) mass is 399 g/mol. The maximum absolute atomic E-state index is 12.2. The minimum atomic E-state index is -0.0124. The van der Waals surface area contributed by atoms with Crippen LogP contribution in [0.3, 0.4) is 0 Å². The lowest BCUT2D eigenvalue weighted by atomic mass is 10.2. The summed E-state index contributed by atoms with van der Waals surface area (Å²) in [5.41, 5.74) is 7.61. The lowest BCUT2D eigenvalue weighted by molar-refractivity contribution is -0.136. The molecule has 0 saturated carbocycles. The molecule has 0 aliphatic carbocycles. The average molecular weight is 399 g/mol. The molecule has 1 amide bonds. The van der Waals surface area contributed by atoms with Gasteiger partial charge in [0.2, 0.25) is 5.91 Å². The molecule has 1 aliphatic heterocycles. The van der Waals surface area contributed by atoms with Crippen LogP contribution in [0.1, 0.15) is 4.88 Å². The van der Waals surface area contributed by atoms with Gasteiger partial charge in [0.25, 0.3) is 0 Å². The van der Waals surface area contributed by atoms with Crippen molar-refractivity contribution in [3.05, 3.63) is 35.2 Å². The summed E-state index contributed by atoms with van der Waals surface area (Å²) < 4.78 is 0.823. The summed E-state index contributed by atoms with van der Waals surface area (Å²) in [7, 11) is 0. The Bertz CT molecular complexity index is 1020. The van der Waals surface area contributed by atoms with Crippen molar-refractivity contribution in [1.82, 2.24) is 19.8 Å². The standard InChI is InChI=1S/C19H21N5O3S/c20-18-17-15(21-19(22-18)12-2-1-3-13(26)8-12)9-14(28-17)10-23-4-5-24(6-7-25)16(27)11-23/h1-3,8-9,25-26H,4-7,10-11H2,(H2,20,21,22). The van der Waals surface area contributed by atoms with Crippen LogP contribution in [-0.2, 0) is 11.3 Å². The number of thiophene rings is 1. The van der Waals surface area contributed by atoms with Crippen LogP contribution < -0.4 is 5.73 Å². The number of hydrogen-bond donors (Lipinski definition) is 3. The average Bonchev–Trinajstić information content (AvgIpc) is 3.07. The number of phenols is 1. The first-order valence-corrected chi connectivity index (χ1v) is 9.81. The van der Waals surface area contributed by atoms with E-state index in [0.717, 1.165) is 21.6 Å². The Morgan fingerprint density at radius 1 is 1.21 bits per heavy atom. The molecule has 4 rings (SSSR count). The second-order valence-corrected chi connectivity index (χ2v) is 7.86. The second-order valence-electron chi connectivity index (χ2n) is 6.72. The fraction of sp³-hybridized carbons (Fsp3) is 0.316. The highest BCUT2D eigenvalue weighted by molar-refractivity contribution is 7.19. The van der Waals surface area contributed by atoms with Crippen molar-refractivity contribution in [2.75, 3.05) is 38.5 Å². The molecule has 4 N–H and O–H groups in total. The van der Waals surface area contributed by atoms with E-state index in [0.29, 0.717) is 43.4 Å². The molecular formula is C19H21N5O3S. The van der Waals surface area contributed by atoms with Gasteiger partial charge in [-0.25, -0.2) is 9.97 Å². The Morgan fingerprint density at radius 2 is 2.07 bits per heavy atom. The Kier molecular flexibility index (Phi) is 5.12. The fourth-order valence-corrected chi connectivity index (χ4v) is 4.36. The molecule has 1 aromatic carbocycles. The number of nitrogens with two attached hydrogens (primary N) is 1. The van der Waals surface area contributed by atoms with Crippen LogP contribution >= 0.6 is 11.3 Å². The molecule has 2 aromatic heterocycles. The topological polar surface area (TPSA) is 116 Å². The zero-order chi connectivity index (χ0) is 19.7. The maximum Gasteiger partial charge on any atom is 0.236 e. The fourth-order valence-electron chi connectivity index (χ4n) is 3.32. The number of aromatic nitrogens is 2. The van der Waals surface area contributed by atoms with Gasteiger partial charge in [0.15, 0.2) is 5.82 Å². The number of nitrogen functional groups attached to an aromatic ring is 1. The molecule has 8 nitrogen and oxygen atoms in total. The van der Waals surface area contributed by atoms with E-state index in [4.69, 9.17) is 10.8 Å². The summed E-state index contributed by atoms with van der Waals surface area (Å²) in [5.74, 6) is 1.06. The first kappa shape index (κ1) is 18.6. The molecule has 1 fully saturated rings. The quantitative estimate of drug-likeness (QED) is 0.592. The lowest BCUT2D eigenvalue weighted by Crippen LogP contribution is -2.50. The predicted molar refractivity (Wildman–Crippen MR) is 108 cm³/mol. The normalized spacial score (nSPS) is 15.5. The smallest absolute Gasteiger partial charge is 0.236 e. The number of amides is 1. The number of aliphatic hydroxyl groups is 1. The predicted octanol–water partition coefficient (Wildman–Crippen LogP) is 1.28. The molecule has 1 aliphatic rings. The maximum atomic E-state index is 12.2. The van der Waals surface area contributed by atoms with Crippen LogP contribution in [0.15, 0.2) is 30.3 Å². The van der Waals surface area contributed by atoms with E-state index in [-0.39, 0.29) is 18.3 Å². The largest absolute Gasteiger partial charge is 0.508 e. The van der Waals surface area contributed by atoms with E-state index in [9.17, 15) is 9.90 Å². The molecule has 1 saturated heterocycles. The molecule has 0 atom stereocenters. The van der Waals surface area contributed by atoms with Gasteiger partial charge in [-0.3, -0.25) is 9.69 Å². The van der Waals surface area contributed by atoms with Gasteiger partial charge < -0.3 is 20.8 Å². The third-order valence-corrected chi connectivity index (χ3v) is 5.83. The molecule has 0 radical (unpaired) electrons. The number of nitrogens with zero attached hydrogens (tertiary/aromatic N) is 4. The highest BCUT2D eigenvalue weighted by Gasteiger charge is 2.24. The lowest BCUT2D eigenvalue weighted by Gasteiger charge is -2.33. The van der Waals surface area contributed by atoms with Gasteiger partial charge in [0, 0.05) is 36.6 Å². The van der Waals surface area contributed by atoms with Gasteiger partial charge in [-0.15, -0.1) is 11.3 Å². The number of rotatable bonds is 5. The zero-order valence-corrected chi connectivity index (χ0v) is 16.0. The minimum absolute atomic E-state index is 0.0124. The van der Waals surface area contributed by atoms with Crippen LogP contribution in [0.5, 0.6) is 5.75 Å². The van der Waals surface area contributed by atoms with Crippen molar-refractivity contribution in [1.29, 1.82) is 0 Å². The van der Waals surface area contributed by atoms with E-state index in [2.05, 4.69) is 14.9 Å². The summed E-state index contributed by atoms with van der Waals surface area (Å²) >= 11 is 1.53. The number of carbonyl (C=O) groups excluding carboxylic acids is 1. The number of aromatic hydroxyl groups is 1. The van der Waals surface area contributed by atoms with Crippen molar-refractivity contribution >= 4 is 33.3 Å². The Hall–Kier alpha value is -2.75. The number of hydrogen-bond acceptors (Lipinski definition) is 8. The molecule has 28 heavy (non-hydrogen) atoms. The molecule has 146 valence electrons. The Balaban J connectivity index is 1.55. The van der Waals surface area contributed by atoms with Crippen molar-refractivity contribution in [2.45, 2.75) is 6.54 Å². The van der Waals surface area contributed by atoms with Gasteiger partial charge >= 0.3 is 0 Å². The zero-order valence-electron chi connectivity index (χ0n) is 15.2. The van der Waals surface area contributed by atoms with E-state index in [1.807, 2.05) is 12.1 Å². The Morgan fingerprint density at radius 3 is 2.82 bits per heavy atom. The van der Waals surface area contributed by atoms with Crippen molar-refractivity contribution in [2.24, 2.45) is 0 Å². The highest BCUT2D eigenvalue weighted by atomic mass is 32.1. The number of β-amino-alcohol motifs (C(OH)–C–C–N with tert-alkyl or cyclic N) is 1. The first-order chi connectivity index (χ1) is 13.5. The summed E-state index contributed by atoms with van der Waals surface area (Å²) in [6.45, 7) is 2.73. The SMILES string of the molecule is Nc1nc(-c2cccc(O)c2)nc2cc(CN3CCN(CCO)C(=O)C3)sc12. The molecule has 9 heteroatoms. The van der Waals surface area contributed by atoms with Crippen LogP contribution in [0.4, 0.5) is 5.82 Å². The highest BCUT2D eigenvalue weighted by Crippen LogP contribution is 2.32. The molecule has 0 spiro atoms. The van der Waals surface area contributed by atoms with Crippen LogP contribution in [-0.4, -0.2) is 68.7 Å². The van der Waals surface area contributed by atoms with E-state index >= 15 is 0 Å². The molecule has 3 heterocycles. The Labute approximate surface area is 165 Å². The number of phenolic OH excluding ortho intramolecular Hbond substituents is 1. The van der Waals surface area contributed by atoms with Crippen molar-refractivity contribution in [3.63, 3.8) is 0 Å². The molecular weight excluding hydrogens is 378 g/mol. The summed E-state index contributed by atoms with van der Waals surface area (Å²) in [6, 6.07) is 8.74. The van der Waals surface area contributed by atoms with Gasteiger partial charge in [-0.1, -0.05) is 12.1 Å². The molecule has 3 aromatic rings. The summed E-state index contributed by atoms with van der Waals surface area (Å²) in [6.07, 6.45) is 0. The van der Waals surface area contributed by atoms with Crippen LogP contribution in [0, 0.1) is 0 Å². The summed E-state index contributed by atoms with van der Waals surface area (Å²) in [5, 5.41) is 18.7. The number of aliphatic hydroxyl groups excluding tert-OH is 1. The number of benzene rings is 1. The third kappa shape index (κ3) is 3.77. The van der Waals surface area contributed by atoms with E-state index < -0.39 is 0 Å².